The molecule has 0 aromatic carbocycles. The molecule has 13 atom stereocenters. The second-order valence-electron chi connectivity index (χ2n) is 13.4. The van der Waals surface area contributed by atoms with Gasteiger partial charge in [-0.05, 0) is 75.2 Å². The molecule has 0 amide bonds. The Bertz CT molecular complexity index is 1050. The van der Waals surface area contributed by atoms with E-state index in [1.165, 1.54) is 6.08 Å². The first-order valence-electron chi connectivity index (χ1n) is 14.5. The van der Waals surface area contributed by atoms with Gasteiger partial charge in [-0.3, -0.25) is 0 Å². The summed E-state index contributed by atoms with van der Waals surface area (Å²) in [5.74, 6) is -1.32. The van der Waals surface area contributed by atoms with Crippen LogP contribution in [-0.2, 0) is 23.8 Å². The van der Waals surface area contributed by atoms with Crippen LogP contribution < -0.4 is 0 Å². The molecule has 5 N–H and O–H groups in total. The molecule has 2 aliphatic heterocycles. The molecule has 10 heteroatoms. The lowest BCUT2D eigenvalue weighted by molar-refractivity contribution is -0.302. The lowest BCUT2D eigenvalue weighted by Crippen LogP contribution is -2.71. The highest BCUT2D eigenvalue weighted by Crippen LogP contribution is 2.70. The number of aliphatic hydroxyl groups is 5. The van der Waals surface area contributed by atoms with Crippen LogP contribution in [0.5, 0.6) is 0 Å². The monoisotopic (exact) mass is 550 g/mol. The molecule has 0 radical (unpaired) electrons. The zero-order chi connectivity index (χ0) is 28.0. The first-order chi connectivity index (χ1) is 18.4. The van der Waals surface area contributed by atoms with Crippen LogP contribution in [0.1, 0.15) is 71.6 Å². The van der Waals surface area contributed by atoms with E-state index in [2.05, 4.69) is 0 Å². The Kier molecular flexibility index (Phi) is 6.62. The lowest BCUT2D eigenvalue weighted by Gasteiger charge is -2.66. The molecular formula is C29H42O10. The van der Waals surface area contributed by atoms with Gasteiger partial charge in [-0.1, -0.05) is 6.92 Å². The summed E-state index contributed by atoms with van der Waals surface area (Å²) in [6.07, 6.45) is 0.759. The number of ether oxygens (including phenoxy) is 3. The van der Waals surface area contributed by atoms with E-state index in [9.17, 15) is 35.1 Å². The summed E-state index contributed by atoms with van der Waals surface area (Å²) >= 11 is 0. The van der Waals surface area contributed by atoms with E-state index in [0.717, 1.165) is 11.9 Å². The molecule has 0 spiro atoms. The van der Waals surface area contributed by atoms with Gasteiger partial charge in [0.25, 0.3) is 0 Å². The van der Waals surface area contributed by atoms with Gasteiger partial charge in [0.05, 0.1) is 41.0 Å². The minimum Gasteiger partial charge on any atom is -0.458 e. The molecule has 10 nitrogen and oxygen atoms in total. The molecular weight excluding hydrogens is 508 g/mol. The van der Waals surface area contributed by atoms with Crippen LogP contribution in [0.25, 0.3) is 0 Å². The molecule has 39 heavy (non-hydrogen) atoms. The largest absolute Gasteiger partial charge is 0.458 e. The van der Waals surface area contributed by atoms with E-state index >= 15 is 0 Å². The van der Waals surface area contributed by atoms with Crippen LogP contribution >= 0.6 is 0 Å². The fraction of sp³-hybridized carbons (Fsp3) is 0.862. The van der Waals surface area contributed by atoms with E-state index in [0.29, 0.717) is 44.9 Å². The minimum atomic E-state index is -1.40. The summed E-state index contributed by atoms with van der Waals surface area (Å²) < 4.78 is 17.0. The molecule has 6 aliphatic rings. The number of aliphatic hydroxyl groups excluding tert-OH is 3. The number of aldehydes is 1. The first kappa shape index (κ1) is 27.8. The Labute approximate surface area is 228 Å². The van der Waals surface area contributed by atoms with Gasteiger partial charge in [0, 0.05) is 24.3 Å². The smallest absolute Gasteiger partial charge is 0.331 e. The zero-order valence-corrected chi connectivity index (χ0v) is 22.7. The molecule has 0 aromatic rings. The summed E-state index contributed by atoms with van der Waals surface area (Å²) in [5.41, 5.74) is -3.92. The topological polar surface area (TPSA) is 163 Å². The Morgan fingerprint density at radius 1 is 1.05 bits per heavy atom. The number of hydrogen-bond donors (Lipinski definition) is 5. The Balaban J connectivity index is 1.26. The maximum absolute atomic E-state index is 13.0. The maximum atomic E-state index is 13.0. The van der Waals surface area contributed by atoms with Gasteiger partial charge >= 0.3 is 5.97 Å². The van der Waals surface area contributed by atoms with E-state index in [4.69, 9.17) is 14.2 Å². The number of esters is 1. The van der Waals surface area contributed by atoms with Crippen LogP contribution in [0, 0.1) is 28.6 Å². The highest BCUT2D eigenvalue weighted by atomic mass is 16.7. The van der Waals surface area contributed by atoms with Gasteiger partial charge in [0.15, 0.2) is 6.29 Å². The summed E-state index contributed by atoms with van der Waals surface area (Å²) in [6, 6.07) is 0. The van der Waals surface area contributed by atoms with Crippen molar-refractivity contribution in [2.24, 2.45) is 28.6 Å². The first-order valence-corrected chi connectivity index (χ1v) is 14.5. The number of hydrogen-bond acceptors (Lipinski definition) is 10. The molecule has 0 bridgehead atoms. The van der Waals surface area contributed by atoms with Crippen molar-refractivity contribution in [3.05, 3.63) is 11.6 Å². The normalized spacial score (nSPS) is 55.2. The number of carbonyl (C=O) groups excluding carboxylic acids is 2. The molecule has 1 saturated heterocycles. The lowest BCUT2D eigenvalue weighted by atomic mass is 9.41. The standard InChI is InChI=1S/C29H42O10/c1-15-9-21(31)24(34)25(38-15)39-17-3-6-27(14-30)20-11-22(32)26(2)18(16-10-23(33)37-13-16)5-8-29(26,36)19(20)4-7-28(27,35)12-17/h10,14-15,17-22,24-25,31-32,34-36H,3-9,11-13H2,1-2H3/t15-,17+,18-,19+,20+,21-,22-,24-,25+,26+,27+,28+,29+/m1/s1. The van der Waals surface area contributed by atoms with Crippen LogP contribution in [0.15, 0.2) is 11.6 Å². The minimum absolute atomic E-state index is 0.159. The van der Waals surface area contributed by atoms with Crippen molar-refractivity contribution in [1.82, 2.24) is 0 Å². The quantitative estimate of drug-likeness (QED) is 0.192. The van der Waals surface area contributed by atoms with Gasteiger partial charge < -0.3 is 44.5 Å². The summed E-state index contributed by atoms with van der Waals surface area (Å²) in [6.45, 7) is 3.87. The summed E-state index contributed by atoms with van der Waals surface area (Å²) in [7, 11) is 0. The van der Waals surface area contributed by atoms with Crippen LogP contribution in [0.3, 0.4) is 0 Å². The number of carbonyl (C=O) groups is 2. The molecule has 218 valence electrons. The van der Waals surface area contributed by atoms with Crippen molar-refractivity contribution in [2.45, 2.75) is 120 Å². The third-order valence-electron chi connectivity index (χ3n) is 11.9. The second kappa shape index (κ2) is 9.31. The number of fused-ring (bicyclic) bond motifs is 5. The Morgan fingerprint density at radius 3 is 2.51 bits per heavy atom. The van der Waals surface area contributed by atoms with Gasteiger partial charge in [-0.15, -0.1) is 0 Å². The van der Waals surface area contributed by atoms with Crippen molar-refractivity contribution in [3.63, 3.8) is 0 Å². The Hall–Kier alpha value is -1.40. The van der Waals surface area contributed by atoms with Gasteiger partial charge in [0.2, 0.25) is 0 Å². The molecule has 0 aromatic heterocycles. The predicted molar refractivity (Wildman–Crippen MR) is 135 cm³/mol. The van der Waals surface area contributed by atoms with Crippen LogP contribution in [0.2, 0.25) is 0 Å². The van der Waals surface area contributed by atoms with Crippen molar-refractivity contribution in [3.8, 4) is 0 Å². The SMILES string of the molecule is C[C@@H]1C[C@@H](O)[C@@H](O)[C@H](O[C@H]2CC[C@]3(C=O)[C@H]4C[C@@H](O)[C@]5(C)[C@@H](C6=CC(=O)OC6)CC[C@]5(O)[C@H]4CC[C@]3(O)C2)O1. The van der Waals surface area contributed by atoms with Crippen molar-refractivity contribution < 1.29 is 49.3 Å². The molecule has 4 aliphatic carbocycles. The molecule has 4 saturated carbocycles. The molecule has 6 rings (SSSR count). The fourth-order valence-corrected chi connectivity index (χ4v) is 9.75. The van der Waals surface area contributed by atoms with E-state index in [-0.39, 0.29) is 37.4 Å². The van der Waals surface area contributed by atoms with Gasteiger partial charge in [-0.2, -0.15) is 0 Å². The fourth-order valence-electron chi connectivity index (χ4n) is 9.75. The predicted octanol–water partition coefficient (Wildman–Crippen LogP) is 0.750. The zero-order valence-electron chi connectivity index (χ0n) is 22.7. The average Bonchev–Trinajstić information content (AvgIpc) is 3.43. The highest BCUT2D eigenvalue weighted by Gasteiger charge is 2.74. The third-order valence-corrected chi connectivity index (χ3v) is 11.9. The second-order valence-corrected chi connectivity index (χ2v) is 13.4. The molecule has 0 unspecified atom stereocenters. The van der Waals surface area contributed by atoms with Crippen molar-refractivity contribution in [1.29, 1.82) is 0 Å². The van der Waals surface area contributed by atoms with Gasteiger partial charge in [0.1, 0.15) is 19.0 Å². The van der Waals surface area contributed by atoms with E-state index < -0.39 is 64.6 Å². The Morgan fingerprint density at radius 2 is 1.82 bits per heavy atom. The molecule has 5 fully saturated rings. The van der Waals surface area contributed by atoms with Crippen LogP contribution in [0.4, 0.5) is 0 Å². The van der Waals surface area contributed by atoms with Crippen molar-refractivity contribution >= 4 is 12.3 Å². The number of rotatable bonds is 4. The highest BCUT2D eigenvalue weighted by molar-refractivity contribution is 5.85. The third kappa shape index (κ3) is 3.78. The van der Waals surface area contributed by atoms with Crippen LogP contribution in [-0.4, -0.2) is 92.4 Å². The van der Waals surface area contributed by atoms with Gasteiger partial charge in [-0.25, -0.2) is 4.79 Å². The van der Waals surface area contributed by atoms with Crippen molar-refractivity contribution in [2.75, 3.05) is 6.61 Å². The van der Waals surface area contributed by atoms with E-state index in [1.807, 2.05) is 6.92 Å². The summed E-state index contributed by atoms with van der Waals surface area (Å²) in [4.78, 5) is 24.8. The molecule has 2 heterocycles. The summed E-state index contributed by atoms with van der Waals surface area (Å²) in [5, 5.41) is 56.7. The maximum Gasteiger partial charge on any atom is 0.331 e. The van der Waals surface area contributed by atoms with E-state index in [1.54, 1.807) is 6.92 Å². The number of cyclic esters (lactones) is 1. The average molecular weight is 551 g/mol.